The first-order valence-electron chi connectivity index (χ1n) is 6.59. The maximum atomic E-state index is 14.4. The number of urea groups is 1. The molecule has 2 aromatic carbocycles. The van der Waals surface area contributed by atoms with Crippen LogP contribution in [-0.4, -0.2) is 6.03 Å². The van der Waals surface area contributed by atoms with E-state index >= 15 is 0 Å². The second-order valence-corrected chi connectivity index (χ2v) is 5.48. The second-order valence-electron chi connectivity index (χ2n) is 4.64. The minimum absolute atomic E-state index is 0.187. The van der Waals surface area contributed by atoms with Crippen LogP contribution in [0.2, 0.25) is 0 Å². The number of hydrogen-bond donors (Lipinski definition) is 2. The highest BCUT2D eigenvalue weighted by Crippen LogP contribution is 2.39. The number of hydrogen-bond acceptors (Lipinski definition) is 2. The van der Waals surface area contributed by atoms with Gasteiger partial charge in [-0.1, -0.05) is 24.3 Å². The summed E-state index contributed by atoms with van der Waals surface area (Å²) in [7, 11) is 0. The van der Waals surface area contributed by atoms with Gasteiger partial charge < -0.3 is 5.32 Å². The molecular formula is C16H12F2N2OS. The van der Waals surface area contributed by atoms with Crippen molar-refractivity contribution in [2.75, 3.05) is 5.32 Å². The molecule has 0 atom stereocenters. The normalized spacial score (nSPS) is 14.1. The number of fused-ring (bicyclic) bond motifs is 1. The van der Waals surface area contributed by atoms with Crippen molar-refractivity contribution < 1.29 is 13.6 Å². The molecule has 3 nitrogen and oxygen atoms in total. The number of rotatable bonds is 2. The summed E-state index contributed by atoms with van der Waals surface area (Å²) in [5, 5.41) is 2.60. The van der Waals surface area contributed by atoms with Crippen molar-refractivity contribution in [3.05, 3.63) is 65.2 Å². The zero-order valence-corrected chi connectivity index (χ0v) is 12.4. The summed E-state index contributed by atoms with van der Waals surface area (Å²) in [6, 6.07) is 8.60. The molecule has 2 aromatic rings. The SMILES string of the molecule is C/C=C(/c1ccccc1F)c1c(F)ccc2c1NC(=O)NS2. The quantitative estimate of drug-likeness (QED) is 0.797. The standard InChI is InChI=1S/C16H12F2N2OS/c1-2-9(10-5-3-4-6-11(10)17)14-12(18)7-8-13-15(14)19-16(21)20-22-13/h2-8H,1H3,(H2,19,20,21)/b9-2-. The molecule has 0 radical (unpaired) electrons. The molecule has 0 spiro atoms. The van der Waals surface area contributed by atoms with Gasteiger partial charge in [0.25, 0.3) is 0 Å². The van der Waals surface area contributed by atoms with E-state index < -0.39 is 17.7 Å². The summed E-state index contributed by atoms with van der Waals surface area (Å²) in [6.45, 7) is 1.71. The summed E-state index contributed by atoms with van der Waals surface area (Å²) < 4.78 is 31.0. The molecule has 6 heteroatoms. The fraction of sp³-hybridized carbons (Fsp3) is 0.0625. The van der Waals surface area contributed by atoms with Crippen molar-refractivity contribution in [1.82, 2.24) is 4.72 Å². The van der Waals surface area contributed by atoms with Gasteiger partial charge in [0.15, 0.2) is 0 Å². The van der Waals surface area contributed by atoms with Crippen LogP contribution in [0.1, 0.15) is 18.1 Å². The average molecular weight is 318 g/mol. The summed E-state index contributed by atoms with van der Waals surface area (Å²) in [5.74, 6) is -0.960. The highest BCUT2D eigenvalue weighted by atomic mass is 32.2. The van der Waals surface area contributed by atoms with Gasteiger partial charge >= 0.3 is 6.03 Å². The predicted octanol–water partition coefficient (Wildman–Crippen LogP) is 4.56. The molecule has 22 heavy (non-hydrogen) atoms. The fourth-order valence-corrected chi connectivity index (χ4v) is 3.03. The number of benzene rings is 2. The summed E-state index contributed by atoms with van der Waals surface area (Å²) in [4.78, 5) is 12.2. The molecule has 1 aliphatic heterocycles. The van der Waals surface area contributed by atoms with Crippen molar-refractivity contribution in [3.63, 3.8) is 0 Å². The first-order chi connectivity index (χ1) is 10.6. The molecule has 0 aromatic heterocycles. The van der Waals surface area contributed by atoms with E-state index in [1.54, 1.807) is 37.3 Å². The summed E-state index contributed by atoms with van der Waals surface area (Å²) >= 11 is 1.10. The fourth-order valence-electron chi connectivity index (χ4n) is 2.39. The number of anilines is 1. The Balaban J connectivity index is 2.23. The van der Waals surface area contributed by atoms with Crippen LogP contribution < -0.4 is 10.0 Å². The molecule has 112 valence electrons. The predicted molar refractivity (Wildman–Crippen MR) is 83.6 cm³/mol. The second kappa shape index (κ2) is 5.81. The van der Waals surface area contributed by atoms with Gasteiger partial charge in [0.05, 0.1) is 10.6 Å². The molecule has 3 rings (SSSR count). The molecule has 0 fully saturated rings. The van der Waals surface area contributed by atoms with Crippen LogP contribution in [0.3, 0.4) is 0 Å². The summed E-state index contributed by atoms with van der Waals surface area (Å²) in [5.41, 5.74) is 1.22. The van der Waals surface area contributed by atoms with Crippen LogP contribution in [0, 0.1) is 11.6 Å². The lowest BCUT2D eigenvalue weighted by Crippen LogP contribution is -2.28. The molecule has 0 aliphatic carbocycles. The zero-order chi connectivity index (χ0) is 15.7. The Bertz CT molecular complexity index is 790. The first-order valence-corrected chi connectivity index (χ1v) is 7.41. The van der Waals surface area contributed by atoms with E-state index in [1.165, 1.54) is 12.1 Å². The van der Waals surface area contributed by atoms with E-state index in [0.717, 1.165) is 11.9 Å². The monoisotopic (exact) mass is 318 g/mol. The van der Waals surface area contributed by atoms with E-state index in [2.05, 4.69) is 10.0 Å². The molecule has 0 saturated carbocycles. The van der Waals surface area contributed by atoms with E-state index in [4.69, 9.17) is 0 Å². The largest absolute Gasteiger partial charge is 0.329 e. The number of carbonyl (C=O) groups is 1. The van der Waals surface area contributed by atoms with Crippen LogP contribution in [-0.2, 0) is 0 Å². The molecule has 2 amide bonds. The van der Waals surface area contributed by atoms with Crippen molar-refractivity contribution in [1.29, 1.82) is 0 Å². The van der Waals surface area contributed by atoms with E-state index in [0.29, 0.717) is 16.2 Å². The molecular weight excluding hydrogens is 306 g/mol. The first kappa shape index (κ1) is 14.6. The van der Waals surface area contributed by atoms with Gasteiger partial charge in [-0.25, -0.2) is 13.6 Å². The van der Waals surface area contributed by atoms with Gasteiger partial charge in [-0.3, -0.25) is 4.72 Å². The molecule has 1 heterocycles. The van der Waals surface area contributed by atoms with Crippen molar-refractivity contribution in [3.8, 4) is 0 Å². The Kier molecular flexibility index (Phi) is 3.85. The topological polar surface area (TPSA) is 41.1 Å². The van der Waals surface area contributed by atoms with Gasteiger partial charge in [0.2, 0.25) is 0 Å². The lowest BCUT2D eigenvalue weighted by Gasteiger charge is -2.22. The Morgan fingerprint density at radius 3 is 2.64 bits per heavy atom. The molecule has 0 saturated heterocycles. The highest BCUT2D eigenvalue weighted by Gasteiger charge is 2.24. The third-order valence-electron chi connectivity index (χ3n) is 3.33. The number of nitrogens with one attached hydrogen (secondary N) is 2. The minimum Gasteiger partial charge on any atom is -0.305 e. The van der Waals surface area contributed by atoms with Crippen LogP contribution >= 0.6 is 11.9 Å². The van der Waals surface area contributed by atoms with Crippen LogP contribution in [0.5, 0.6) is 0 Å². The average Bonchev–Trinajstić information content (AvgIpc) is 2.51. The maximum Gasteiger partial charge on any atom is 0.329 e. The number of amides is 2. The van der Waals surface area contributed by atoms with Crippen molar-refractivity contribution in [2.24, 2.45) is 0 Å². The molecule has 0 bridgehead atoms. The molecule has 1 aliphatic rings. The minimum atomic E-state index is -0.516. The van der Waals surface area contributed by atoms with Gasteiger partial charge in [-0.05, 0) is 42.6 Å². The smallest absolute Gasteiger partial charge is 0.305 e. The Morgan fingerprint density at radius 1 is 1.14 bits per heavy atom. The molecule has 2 N–H and O–H groups in total. The van der Waals surface area contributed by atoms with Gasteiger partial charge in [0, 0.05) is 11.1 Å². The van der Waals surface area contributed by atoms with Gasteiger partial charge in [-0.15, -0.1) is 0 Å². The molecule has 0 unspecified atom stereocenters. The van der Waals surface area contributed by atoms with Crippen LogP contribution in [0.4, 0.5) is 19.3 Å². The highest BCUT2D eigenvalue weighted by molar-refractivity contribution is 7.98. The lowest BCUT2D eigenvalue weighted by molar-refractivity contribution is 0.257. The Labute approximate surface area is 130 Å². The maximum absolute atomic E-state index is 14.4. The number of halogens is 2. The Hall–Kier alpha value is -2.34. The lowest BCUT2D eigenvalue weighted by atomic mass is 9.95. The number of allylic oxidation sites excluding steroid dienone is 1. The van der Waals surface area contributed by atoms with Gasteiger partial charge in [0.1, 0.15) is 11.6 Å². The van der Waals surface area contributed by atoms with Crippen molar-refractivity contribution >= 4 is 29.2 Å². The zero-order valence-electron chi connectivity index (χ0n) is 11.6. The third-order valence-corrected chi connectivity index (χ3v) is 4.18. The van der Waals surface area contributed by atoms with Crippen LogP contribution in [0.25, 0.3) is 5.57 Å². The Morgan fingerprint density at radius 2 is 1.91 bits per heavy atom. The van der Waals surface area contributed by atoms with Crippen molar-refractivity contribution in [2.45, 2.75) is 11.8 Å². The van der Waals surface area contributed by atoms with E-state index in [-0.39, 0.29) is 11.1 Å². The van der Waals surface area contributed by atoms with E-state index in [9.17, 15) is 13.6 Å². The number of carbonyl (C=O) groups excluding carboxylic acids is 1. The third kappa shape index (κ3) is 2.46. The van der Waals surface area contributed by atoms with Crippen LogP contribution in [0.15, 0.2) is 47.4 Å². The van der Waals surface area contributed by atoms with Gasteiger partial charge in [-0.2, -0.15) is 0 Å². The summed E-state index contributed by atoms with van der Waals surface area (Å²) in [6.07, 6.45) is 1.63. The van der Waals surface area contributed by atoms with E-state index in [1.807, 2.05) is 0 Å².